The van der Waals surface area contributed by atoms with Gasteiger partial charge < -0.3 is 14.8 Å². The number of nitrogens with zero attached hydrogens (tertiary/aromatic N) is 2. The number of ether oxygens (including phenoxy) is 2. The molecule has 0 radical (unpaired) electrons. The molecule has 1 aromatic carbocycles. The van der Waals surface area contributed by atoms with Crippen molar-refractivity contribution in [3.63, 3.8) is 0 Å². The fraction of sp³-hybridized carbons (Fsp3) is 0.333. The van der Waals surface area contributed by atoms with Crippen LogP contribution in [0.5, 0.6) is 11.6 Å². The molecule has 2 atom stereocenters. The van der Waals surface area contributed by atoms with Gasteiger partial charge in [-0.3, -0.25) is 0 Å². The minimum Gasteiger partial charge on any atom is -0.438 e. The molecule has 1 fully saturated rings. The summed E-state index contributed by atoms with van der Waals surface area (Å²) in [7, 11) is 0. The molecule has 104 valence electrons. The predicted octanol–water partition coefficient (Wildman–Crippen LogP) is 2.32. The first-order chi connectivity index (χ1) is 9.83. The van der Waals surface area contributed by atoms with E-state index in [1.54, 1.807) is 18.3 Å². The number of benzene rings is 1. The zero-order valence-electron chi connectivity index (χ0n) is 11.3. The SMILES string of the molecule is C[C@@H]1NCCO[C@H]1c1cccc(Oc2cccnn2)c1. The van der Waals surface area contributed by atoms with Crippen LogP contribution in [0.1, 0.15) is 18.6 Å². The van der Waals surface area contributed by atoms with Crippen LogP contribution >= 0.6 is 0 Å². The topological polar surface area (TPSA) is 56.3 Å². The number of rotatable bonds is 3. The standard InChI is InChI=1S/C15H17N3O2/c1-11-15(19-9-8-16-11)12-4-2-5-13(10-12)20-14-6-3-7-17-18-14/h2-7,10-11,15-16H,8-9H2,1H3/t11-,15+/m0/s1. The van der Waals surface area contributed by atoms with E-state index in [1.165, 1.54) is 0 Å². The fourth-order valence-corrected chi connectivity index (χ4v) is 2.33. The lowest BCUT2D eigenvalue weighted by atomic mass is 10.0. The molecule has 1 aliphatic heterocycles. The van der Waals surface area contributed by atoms with Crippen LogP contribution in [0.3, 0.4) is 0 Å². The van der Waals surface area contributed by atoms with Crippen LogP contribution in [0, 0.1) is 0 Å². The van der Waals surface area contributed by atoms with E-state index in [4.69, 9.17) is 9.47 Å². The average Bonchev–Trinajstić information content (AvgIpc) is 2.49. The summed E-state index contributed by atoms with van der Waals surface area (Å²) in [6.07, 6.45) is 1.67. The molecule has 1 aromatic heterocycles. The van der Waals surface area contributed by atoms with E-state index >= 15 is 0 Å². The molecule has 0 saturated carbocycles. The molecule has 1 N–H and O–H groups in total. The quantitative estimate of drug-likeness (QED) is 0.928. The van der Waals surface area contributed by atoms with Gasteiger partial charge in [-0.2, -0.15) is 5.10 Å². The first-order valence-corrected chi connectivity index (χ1v) is 6.73. The van der Waals surface area contributed by atoms with E-state index in [2.05, 4.69) is 28.5 Å². The minimum absolute atomic E-state index is 0.0501. The summed E-state index contributed by atoms with van der Waals surface area (Å²) < 4.78 is 11.5. The maximum Gasteiger partial charge on any atom is 0.238 e. The highest BCUT2D eigenvalue weighted by atomic mass is 16.5. The van der Waals surface area contributed by atoms with Gasteiger partial charge in [0.1, 0.15) is 5.75 Å². The largest absolute Gasteiger partial charge is 0.438 e. The van der Waals surface area contributed by atoms with Crippen molar-refractivity contribution in [2.24, 2.45) is 0 Å². The lowest BCUT2D eigenvalue weighted by molar-refractivity contribution is -0.000309. The Kier molecular flexibility index (Phi) is 3.90. The van der Waals surface area contributed by atoms with Crippen LogP contribution in [-0.4, -0.2) is 29.4 Å². The van der Waals surface area contributed by atoms with Gasteiger partial charge in [0, 0.05) is 24.8 Å². The Balaban J connectivity index is 1.79. The Bertz CT molecular complexity index is 562. The Hall–Kier alpha value is -1.98. The van der Waals surface area contributed by atoms with Crippen molar-refractivity contribution < 1.29 is 9.47 Å². The zero-order valence-corrected chi connectivity index (χ0v) is 11.3. The highest BCUT2D eigenvalue weighted by molar-refractivity contribution is 5.33. The number of aromatic nitrogens is 2. The van der Waals surface area contributed by atoms with Crippen molar-refractivity contribution in [2.75, 3.05) is 13.2 Å². The van der Waals surface area contributed by atoms with E-state index in [0.29, 0.717) is 5.88 Å². The molecule has 0 amide bonds. The van der Waals surface area contributed by atoms with E-state index in [0.717, 1.165) is 24.5 Å². The summed E-state index contributed by atoms with van der Waals surface area (Å²) in [5.41, 5.74) is 1.10. The van der Waals surface area contributed by atoms with Crippen LogP contribution in [0.2, 0.25) is 0 Å². The maximum absolute atomic E-state index is 5.84. The Morgan fingerprint density at radius 3 is 3.05 bits per heavy atom. The first kappa shape index (κ1) is 13.0. The highest BCUT2D eigenvalue weighted by Gasteiger charge is 2.23. The highest BCUT2D eigenvalue weighted by Crippen LogP contribution is 2.28. The summed E-state index contributed by atoms with van der Waals surface area (Å²) in [4.78, 5) is 0. The van der Waals surface area contributed by atoms with Gasteiger partial charge in [-0.05, 0) is 30.7 Å². The monoisotopic (exact) mass is 271 g/mol. The van der Waals surface area contributed by atoms with Crippen LogP contribution < -0.4 is 10.1 Å². The van der Waals surface area contributed by atoms with Crippen molar-refractivity contribution in [1.29, 1.82) is 0 Å². The Labute approximate surface area is 117 Å². The molecule has 0 spiro atoms. The molecular formula is C15H17N3O2. The van der Waals surface area contributed by atoms with Crippen LogP contribution in [0.4, 0.5) is 0 Å². The zero-order chi connectivity index (χ0) is 13.8. The van der Waals surface area contributed by atoms with Crippen molar-refractivity contribution in [3.8, 4) is 11.6 Å². The summed E-state index contributed by atoms with van der Waals surface area (Å²) in [6, 6.07) is 11.8. The molecule has 5 nitrogen and oxygen atoms in total. The van der Waals surface area contributed by atoms with Gasteiger partial charge in [-0.25, -0.2) is 0 Å². The van der Waals surface area contributed by atoms with Crippen LogP contribution in [0.15, 0.2) is 42.6 Å². The van der Waals surface area contributed by atoms with Gasteiger partial charge in [-0.15, -0.1) is 5.10 Å². The molecule has 0 aliphatic carbocycles. The molecule has 2 heterocycles. The fourth-order valence-electron chi connectivity index (χ4n) is 2.33. The number of hydrogen-bond acceptors (Lipinski definition) is 5. The normalized spacial score (nSPS) is 22.4. The van der Waals surface area contributed by atoms with Crippen LogP contribution in [0.25, 0.3) is 0 Å². The van der Waals surface area contributed by atoms with Gasteiger partial charge in [0.05, 0.1) is 12.7 Å². The molecule has 2 aromatic rings. The molecule has 0 unspecified atom stereocenters. The molecule has 20 heavy (non-hydrogen) atoms. The number of morpholine rings is 1. The van der Waals surface area contributed by atoms with E-state index in [9.17, 15) is 0 Å². The van der Waals surface area contributed by atoms with Gasteiger partial charge in [0.2, 0.25) is 5.88 Å². The summed E-state index contributed by atoms with van der Waals surface area (Å²) in [6.45, 7) is 3.75. The summed E-state index contributed by atoms with van der Waals surface area (Å²) >= 11 is 0. The minimum atomic E-state index is 0.0501. The predicted molar refractivity (Wildman–Crippen MR) is 74.7 cm³/mol. The average molecular weight is 271 g/mol. The van der Waals surface area contributed by atoms with Crippen molar-refractivity contribution in [2.45, 2.75) is 19.1 Å². The molecule has 1 saturated heterocycles. The molecule has 3 rings (SSSR count). The second-order valence-corrected chi connectivity index (χ2v) is 4.77. The van der Waals surface area contributed by atoms with Crippen molar-refractivity contribution in [3.05, 3.63) is 48.2 Å². The van der Waals surface area contributed by atoms with Gasteiger partial charge in [0.15, 0.2) is 0 Å². The summed E-state index contributed by atoms with van der Waals surface area (Å²) in [5, 5.41) is 11.1. The smallest absolute Gasteiger partial charge is 0.238 e. The molecule has 1 aliphatic rings. The third-order valence-electron chi connectivity index (χ3n) is 3.28. The molecular weight excluding hydrogens is 254 g/mol. The third-order valence-corrected chi connectivity index (χ3v) is 3.28. The molecule has 0 bridgehead atoms. The van der Waals surface area contributed by atoms with Crippen molar-refractivity contribution >= 4 is 0 Å². The van der Waals surface area contributed by atoms with E-state index in [-0.39, 0.29) is 12.1 Å². The maximum atomic E-state index is 5.84. The lowest BCUT2D eigenvalue weighted by Crippen LogP contribution is -2.41. The molecule has 5 heteroatoms. The Morgan fingerprint density at radius 1 is 1.30 bits per heavy atom. The summed E-state index contributed by atoms with van der Waals surface area (Å²) in [5.74, 6) is 1.23. The first-order valence-electron chi connectivity index (χ1n) is 6.73. The van der Waals surface area contributed by atoms with E-state index < -0.39 is 0 Å². The second kappa shape index (κ2) is 5.98. The number of nitrogens with one attached hydrogen (secondary N) is 1. The Morgan fingerprint density at radius 2 is 2.25 bits per heavy atom. The van der Waals surface area contributed by atoms with E-state index in [1.807, 2.05) is 18.2 Å². The second-order valence-electron chi connectivity index (χ2n) is 4.77. The number of hydrogen-bond donors (Lipinski definition) is 1. The van der Waals surface area contributed by atoms with Crippen molar-refractivity contribution in [1.82, 2.24) is 15.5 Å². The third kappa shape index (κ3) is 2.95. The van der Waals surface area contributed by atoms with Gasteiger partial charge in [0.25, 0.3) is 0 Å². The van der Waals surface area contributed by atoms with Gasteiger partial charge in [-0.1, -0.05) is 12.1 Å². The van der Waals surface area contributed by atoms with Crippen LogP contribution in [-0.2, 0) is 4.74 Å². The van der Waals surface area contributed by atoms with Gasteiger partial charge >= 0.3 is 0 Å². The lowest BCUT2D eigenvalue weighted by Gasteiger charge is -2.30.